The van der Waals surface area contributed by atoms with E-state index in [0.29, 0.717) is 43.3 Å². The Morgan fingerprint density at radius 2 is 0.587 bits per heavy atom. The molecule has 21 nitrogen and oxygen atoms in total. The van der Waals surface area contributed by atoms with Crippen LogP contribution >= 0.6 is 15.9 Å². The number of ether oxygens (including phenoxy) is 2. The molecule has 109 heavy (non-hydrogen) atoms. The van der Waals surface area contributed by atoms with E-state index in [1.165, 1.54) is 84.8 Å². The van der Waals surface area contributed by atoms with Gasteiger partial charge in [-0.2, -0.15) is 0 Å². The van der Waals surface area contributed by atoms with Crippen molar-refractivity contribution in [3.63, 3.8) is 0 Å². The third-order valence-electron chi connectivity index (χ3n) is 18.6. The fourth-order valence-corrected chi connectivity index (χ4v) is 13.6. The zero-order valence-electron chi connectivity index (χ0n) is 62.9. The molecule has 0 bridgehead atoms. The van der Waals surface area contributed by atoms with Gasteiger partial charge in [0.15, 0.2) is 17.5 Å². The first-order chi connectivity index (χ1) is 52.8. The Bertz CT molecular complexity index is 4810. The SMILES string of the molecule is C1CCCCC1.CO.COC(=O)c1ccc2nc(Br)c(-c3ccccc3)nc2c1.COC(=O)c1ccc2nc(N3CCCCC3)c(-c3ccccc3)nc2c1.O=C(O)c1ccc2nc(N3CCCCC3)c(-c3ccccc3)nc2c1.O=C(O)c1ccc2nc(N3CCCCC3)c(-c3ccccc3)nc2c1.[2H]CF.[Na+].[OH-]. The standard InChI is InChI=1S/C21H21N3O2.2C20H19N3O2.C16H11BrN2O2.C6H12.CH3F.CH4O.Na.H2O/c1-26-21(25)16-10-11-17-18(14-16)22-19(15-8-4-2-5-9-15)20(23-17)24-12-6-3-7-13-24;2*24-20(25)15-9-10-16-17(13-15)21-18(14-7-3-1-4-8-14)19(22-16)23-11-5-2-6-12-23;1-21-16(20)11-7-8-12-13(9-11)18-14(15(17)19-12)10-5-3-2-4-6-10;1-2-4-6-5-3-1;2*1-2;;/h2,4-5,8-11,14H,3,6-7,12-13H2,1H3;2*1,3-4,7-10,13H,2,5-6,11-12H2,(H,24,25);2-9H,1H3;1-6H2;1H3;2H,1H3;;1H2/q;;;;;;;+1;/p-1/i;;;;;1D;;;. The molecule has 3 saturated heterocycles. The van der Waals surface area contributed by atoms with Gasteiger partial charge in [-0.3, -0.25) is 4.39 Å². The summed E-state index contributed by atoms with van der Waals surface area (Å²) in [4.78, 5) is 91.0. The summed E-state index contributed by atoms with van der Waals surface area (Å²) in [6.45, 7) is 5.92. The van der Waals surface area contributed by atoms with Crippen molar-refractivity contribution in [2.75, 3.05) is 82.5 Å². The maximum absolute atomic E-state index is 11.8. The Morgan fingerprint density at radius 1 is 0.358 bits per heavy atom. The predicted octanol–water partition coefficient (Wildman–Crippen LogP) is 15.3. The van der Waals surface area contributed by atoms with E-state index in [4.69, 9.17) is 45.9 Å². The molecule has 24 heteroatoms. The van der Waals surface area contributed by atoms with E-state index in [9.17, 15) is 33.8 Å². The molecule has 12 aromatic rings. The van der Waals surface area contributed by atoms with E-state index >= 15 is 0 Å². The van der Waals surface area contributed by atoms with Gasteiger partial charge in [0.1, 0.15) is 27.4 Å². The average Bonchev–Trinajstić information content (AvgIpc) is 0.792. The number of carbonyl (C=O) groups excluding carboxylic acids is 2. The van der Waals surface area contributed by atoms with Crippen LogP contribution < -0.4 is 44.3 Å². The van der Waals surface area contributed by atoms with Gasteiger partial charge in [-0.25, -0.2) is 59.0 Å². The summed E-state index contributed by atoms with van der Waals surface area (Å²) >= 11 is 3.45. The van der Waals surface area contributed by atoms with Crippen LogP contribution in [0.3, 0.4) is 0 Å². The van der Waals surface area contributed by atoms with Crippen LogP contribution in [-0.2, 0) is 9.47 Å². The number of aromatic nitrogens is 8. The van der Waals surface area contributed by atoms with E-state index < -0.39 is 19.1 Å². The fourth-order valence-electron chi connectivity index (χ4n) is 13.1. The Kier molecular flexibility index (Phi) is 32.7. The van der Waals surface area contributed by atoms with E-state index in [2.05, 4.69) is 40.6 Å². The zero-order valence-corrected chi connectivity index (χ0v) is 65.5. The van der Waals surface area contributed by atoms with Crippen molar-refractivity contribution in [1.82, 2.24) is 39.9 Å². The molecule has 4 N–H and O–H groups in total. The first-order valence-corrected chi connectivity index (χ1v) is 36.9. The number of carboxylic acids is 2. The number of methoxy groups -OCH3 is 2. The molecule has 4 fully saturated rings. The van der Waals surface area contributed by atoms with Crippen molar-refractivity contribution < 1.29 is 84.8 Å². The summed E-state index contributed by atoms with van der Waals surface area (Å²) in [6.07, 6.45) is 19.8. The molecule has 0 atom stereocenters. The smallest absolute Gasteiger partial charge is 0.870 e. The Morgan fingerprint density at radius 3 is 0.853 bits per heavy atom. The number of piperidine rings is 3. The molecule has 0 spiro atoms. The van der Waals surface area contributed by atoms with Gasteiger partial charge in [-0.1, -0.05) is 160 Å². The number of carboxylic acid groups (broad SMARTS) is 2. The monoisotopic (exact) mass is 1550 g/mol. The number of alkyl halides is 1. The molecule has 0 unspecified atom stereocenters. The number of halogens is 2. The second kappa shape index (κ2) is 43.1. The van der Waals surface area contributed by atoms with Gasteiger partial charge in [0.05, 0.1) is 89.1 Å². The minimum atomic E-state index is -1.00. The molecule has 0 amide bonds. The molecule has 560 valence electrons. The molecule has 3 aliphatic heterocycles. The predicted molar refractivity (Wildman–Crippen MR) is 427 cm³/mol. The molecule has 4 aliphatic rings. The largest absolute Gasteiger partial charge is 1.00 e. The Labute approximate surface area is 666 Å². The summed E-state index contributed by atoms with van der Waals surface area (Å²) < 4.78 is 25.7. The molecule has 1 saturated carbocycles. The normalized spacial score (nSPS) is 13.7. The van der Waals surface area contributed by atoms with E-state index in [1.807, 2.05) is 127 Å². The maximum Gasteiger partial charge on any atom is 1.00 e. The van der Waals surface area contributed by atoms with Gasteiger partial charge >= 0.3 is 53.4 Å². The topological polar surface area (TPSA) is 290 Å². The fraction of sp³-hybridized carbons (Fsp3) is 0.294. The van der Waals surface area contributed by atoms with E-state index in [-0.39, 0.29) is 58.1 Å². The number of aliphatic hydroxyl groups is 1. The summed E-state index contributed by atoms with van der Waals surface area (Å²) in [7, 11) is 2.74. The molecule has 7 heterocycles. The summed E-state index contributed by atoms with van der Waals surface area (Å²) in [5.74, 6) is 0.0465. The third kappa shape index (κ3) is 22.5. The molecule has 4 aromatic heterocycles. The number of benzene rings is 8. The van der Waals surface area contributed by atoms with Crippen molar-refractivity contribution in [2.24, 2.45) is 0 Å². The van der Waals surface area contributed by atoms with Crippen LogP contribution in [0.5, 0.6) is 0 Å². The number of rotatable bonds is 11. The average molecular weight is 1550 g/mol. The number of esters is 2. The molecule has 16 rings (SSSR count). The number of carbonyl (C=O) groups is 4. The van der Waals surface area contributed by atoms with Crippen LogP contribution in [0, 0.1) is 0 Å². The first-order valence-electron chi connectivity index (χ1n) is 36.8. The quantitative estimate of drug-likeness (QED) is 0.0801. The first kappa shape index (κ1) is 82.8. The van der Waals surface area contributed by atoms with Crippen molar-refractivity contribution in [3.8, 4) is 45.0 Å². The van der Waals surface area contributed by atoms with Crippen molar-refractivity contribution >= 4 is 101 Å². The number of hydrogen-bond donors (Lipinski definition) is 3. The minimum absolute atomic E-state index is 0. The number of fused-ring (bicyclic) bond motifs is 4. The van der Waals surface area contributed by atoms with Crippen molar-refractivity contribution in [1.29, 1.82) is 0 Å². The number of nitrogens with zero attached hydrogens (tertiary/aromatic N) is 11. The van der Waals surface area contributed by atoms with Crippen LogP contribution in [0.2, 0.25) is 0 Å². The van der Waals surface area contributed by atoms with Crippen LogP contribution in [0.15, 0.2) is 199 Å². The van der Waals surface area contributed by atoms with E-state index in [0.717, 1.165) is 151 Å². The van der Waals surface area contributed by atoms with E-state index in [1.54, 1.807) is 66.7 Å². The number of aliphatic hydroxyl groups excluding tert-OH is 1. The molecular formula is C85H90BrFN11NaO10. The van der Waals surface area contributed by atoms with Crippen molar-refractivity contribution in [3.05, 3.63) is 221 Å². The van der Waals surface area contributed by atoms with Gasteiger partial charge in [0.25, 0.3) is 0 Å². The number of hydrogen-bond acceptors (Lipinski definition) is 19. The molecule has 0 radical (unpaired) electrons. The van der Waals surface area contributed by atoms with Crippen LogP contribution in [0.25, 0.3) is 89.2 Å². The number of aromatic carboxylic acids is 2. The minimum Gasteiger partial charge on any atom is -0.870 e. The third-order valence-corrected chi connectivity index (χ3v) is 19.1. The van der Waals surface area contributed by atoms with Crippen LogP contribution in [-0.4, -0.2) is 152 Å². The maximum atomic E-state index is 11.8. The Hall–Kier alpha value is -10.3. The van der Waals surface area contributed by atoms with Gasteiger partial charge in [0.2, 0.25) is 0 Å². The van der Waals surface area contributed by atoms with Gasteiger partial charge in [-0.05, 0) is 147 Å². The summed E-state index contributed by atoms with van der Waals surface area (Å²) in [5.41, 5.74) is 14.2. The van der Waals surface area contributed by atoms with Crippen molar-refractivity contribution in [2.45, 2.75) is 96.3 Å². The molecule has 1 aliphatic carbocycles. The van der Waals surface area contributed by atoms with Crippen LogP contribution in [0.1, 0.15) is 139 Å². The summed E-state index contributed by atoms with van der Waals surface area (Å²) in [5, 5.41) is 25.5. The van der Waals surface area contributed by atoms with Crippen LogP contribution in [0.4, 0.5) is 21.8 Å². The van der Waals surface area contributed by atoms with Gasteiger partial charge in [-0.15, -0.1) is 0 Å². The molecular weight excluding hydrogens is 1460 g/mol. The Balaban J connectivity index is 0.000000175. The zero-order chi connectivity index (χ0) is 76.2. The summed E-state index contributed by atoms with van der Waals surface area (Å²) in [6, 6.07) is 60.1. The second-order valence-corrected chi connectivity index (χ2v) is 26.4. The van der Waals surface area contributed by atoms with Gasteiger partial charge < -0.3 is 45.0 Å². The second-order valence-electron chi connectivity index (χ2n) is 25.7. The molecule has 8 aromatic carbocycles. The number of anilines is 3. The van der Waals surface area contributed by atoms with Gasteiger partial charge in [0, 0.05) is 68.6 Å².